The smallest absolute Gasteiger partial charge is 0.358 e. The molecule has 0 saturated heterocycles. The number of carbonyl (C=O) groups excluding carboxylic acids is 2. The number of halogens is 2. The maximum absolute atomic E-state index is 12.9. The van der Waals surface area contributed by atoms with E-state index < -0.39 is 36.2 Å². The van der Waals surface area contributed by atoms with Crippen LogP contribution in [0.4, 0.5) is 8.78 Å². The van der Waals surface area contributed by atoms with Gasteiger partial charge < -0.3 is 9.47 Å². The van der Waals surface area contributed by atoms with Gasteiger partial charge in [0.2, 0.25) is 0 Å². The summed E-state index contributed by atoms with van der Waals surface area (Å²) >= 11 is 0. The van der Waals surface area contributed by atoms with Crippen LogP contribution in [0.2, 0.25) is 0 Å². The highest BCUT2D eigenvalue weighted by Gasteiger charge is 2.24. The quantitative estimate of drug-likeness (QED) is 0.781. The molecule has 0 bridgehead atoms. The third kappa shape index (κ3) is 5.13. The lowest BCUT2D eigenvalue weighted by molar-refractivity contribution is -0.155. The summed E-state index contributed by atoms with van der Waals surface area (Å²) in [7, 11) is 0. The maximum Gasteiger partial charge on any atom is 0.358 e. The predicted molar refractivity (Wildman–Crippen MR) is 69.0 cm³/mol. The number of alkyl halides is 2. The number of hydrogen-bond acceptors (Lipinski definition) is 5. The van der Waals surface area contributed by atoms with Crippen LogP contribution in [0, 0.1) is 0 Å². The number of esters is 2. The molecule has 0 saturated carbocycles. The Morgan fingerprint density at radius 1 is 1.38 bits per heavy atom. The van der Waals surface area contributed by atoms with Crippen LogP contribution >= 0.6 is 0 Å². The van der Waals surface area contributed by atoms with Crippen LogP contribution < -0.4 is 0 Å². The van der Waals surface area contributed by atoms with Gasteiger partial charge in [-0.25, -0.2) is 13.6 Å². The molecule has 1 rings (SSSR count). The maximum atomic E-state index is 12.9. The van der Waals surface area contributed by atoms with E-state index in [-0.39, 0.29) is 12.3 Å². The Bertz CT molecular complexity index is 521. The average molecular weight is 304 g/mol. The molecule has 0 aliphatic rings. The summed E-state index contributed by atoms with van der Waals surface area (Å²) < 4.78 is 36.3. The van der Waals surface area contributed by atoms with Gasteiger partial charge in [-0.15, -0.1) is 0 Å². The van der Waals surface area contributed by atoms with Crippen molar-refractivity contribution < 1.29 is 27.8 Å². The minimum absolute atomic E-state index is 0.0990. The lowest BCUT2D eigenvalue weighted by Gasteiger charge is -2.19. The van der Waals surface area contributed by atoms with Gasteiger partial charge in [0.15, 0.2) is 5.69 Å². The average Bonchev–Trinajstić information content (AvgIpc) is 2.70. The van der Waals surface area contributed by atoms with E-state index in [1.807, 2.05) is 0 Å². The number of aromatic nitrogens is 2. The van der Waals surface area contributed by atoms with Gasteiger partial charge >= 0.3 is 11.9 Å². The van der Waals surface area contributed by atoms with E-state index in [0.717, 1.165) is 10.7 Å². The fraction of sp³-hybridized carbons (Fsp3) is 0.615. The Kier molecular flexibility index (Phi) is 5.40. The third-order valence-electron chi connectivity index (χ3n) is 2.22. The standard InChI is InChI=1S/C13H18F2N2O4/c1-5-20-12(19)8-6-9(11(14)15)17(16-8)7-10(18)21-13(2,3)4/h6,11H,5,7H2,1-4H3. The molecule has 0 aliphatic carbocycles. The van der Waals surface area contributed by atoms with Crippen molar-refractivity contribution in [2.45, 2.75) is 46.3 Å². The van der Waals surface area contributed by atoms with Gasteiger partial charge in [-0.2, -0.15) is 5.10 Å². The van der Waals surface area contributed by atoms with Crippen molar-refractivity contribution in [2.75, 3.05) is 6.61 Å². The van der Waals surface area contributed by atoms with Gasteiger partial charge in [0, 0.05) is 6.07 Å². The third-order valence-corrected chi connectivity index (χ3v) is 2.22. The number of ether oxygens (including phenoxy) is 2. The van der Waals surface area contributed by atoms with E-state index in [4.69, 9.17) is 4.74 Å². The highest BCUT2D eigenvalue weighted by atomic mass is 19.3. The zero-order valence-electron chi connectivity index (χ0n) is 12.4. The van der Waals surface area contributed by atoms with Crippen molar-refractivity contribution in [1.82, 2.24) is 9.78 Å². The minimum Gasteiger partial charge on any atom is -0.461 e. The van der Waals surface area contributed by atoms with Gasteiger partial charge in [-0.3, -0.25) is 9.48 Å². The molecule has 0 aromatic carbocycles. The normalized spacial score (nSPS) is 11.6. The molecule has 0 spiro atoms. The second-order valence-electron chi connectivity index (χ2n) is 5.22. The molecule has 21 heavy (non-hydrogen) atoms. The number of hydrogen-bond donors (Lipinski definition) is 0. The Morgan fingerprint density at radius 2 is 2.00 bits per heavy atom. The lowest BCUT2D eigenvalue weighted by Crippen LogP contribution is -2.27. The van der Waals surface area contributed by atoms with E-state index >= 15 is 0 Å². The molecule has 0 amide bonds. The van der Waals surface area contributed by atoms with Crippen LogP contribution in [0.3, 0.4) is 0 Å². The highest BCUT2D eigenvalue weighted by Crippen LogP contribution is 2.20. The number of rotatable bonds is 5. The summed E-state index contributed by atoms with van der Waals surface area (Å²) in [6.45, 7) is 6.16. The fourth-order valence-electron chi connectivity index (χ4n) is 1.53. The van der Waals surface area contributed by atoms with Gasteiger partial charge in [0.05, 0.1) is 6.61 Å². The molecule has 0 unspecified atom stereocenters. The summed E-state index contributed by atoms with van der Waals surface area (Å²) in [6, 6.07) is 0.910. The van der Waals surface area contributed by atoms with Gasteiger partial charge in [0.25, 0.3) is 6.43 Å². The first-order chi connectivity index (χ1) is 9.64. The van der Waals surface area contributed by atoms with E-state index in [1.165, 1.54) is 0 Å². The molecule has 6 nitrogen and oxygen atoms in total. The summed E-state index contributed by atoms with van der Waals surface area (Å²) in [6.07, 6.45) is -2.87. The zero-order valence-corrected chi connectivity index (χ0v) is 12.4. The molecular weight excluding hydrogens is 286 g/mol. The first-order valence-electron chi connectivity index (χ1n) is 6.39. The second kappa shape index (κ2) is 6.64. The molecule has 118 valence electrons. The van der Waals surface area contributed by atoms with Crippen molar-refractivity contribution in [1.29, 1.82) is 0 Å². The monoisotopic (exact) mass is 304 g/mol. The molecule has 0 aliphatic heterocycles. The summed E-state index contributed by atoms with van der Waals surface area (Å²) in [4.78, 5) is 23.2. The van der Waals surface area contributed by atoms with E-state index in [0.29, 0.717) is 0 Å². The summed E-state index contributed by atoms with van der Waals surface area (Å²) in [5, 5.41) is 3.68. The van der Waals surface area contributed by atoms with Crippen LogP contribution in [0.5, 0.6) is 0 Å². The molecule has 0 N–H and O–H groups in total. The molecule has 0 fully saturated rings. The molecule has 0 radical (unpaired) electrons. The molecular formula is C13H18F2N2O4. The molecule has 0 atom stereocenters. The lowest BCUT2D eigenvalue weighted by atomic mass is 10.2. The van der Waals surface area contributed by atoms with Crippen molar-refractivity contribution in [3.05, 3.63) is 17.5 Å². The number of nitrogens with zero attached hydrogens (tertiary/aromatic N) is 2. The van der Waals surface area contributed by atoms with Crippen LogP contribution in [-0.2, 0) is 20.8 Å². The second-order valence-corrected chi connectivity index (χ2v) is 5.22. The predicted octanol–water partition coefficient (Wildman–Crippen LogP) is 2.34. The van der Waals surface area contributed by atoms with Gasteiger partial charge in [0.1, 0.15) is 17.8 Å². The van der Waals surface area contributed by atoms with Gasteiger partial charge in [-0.05, 0) is 27.7 Å². The molecule has 1 aromatic heterocycles. The highest BCUT2D eigenvalue weighted by molar-refractivity contribution is 5.87. The zero-order chi connectivity index (χ0) is 16.2. The van der Waals surface area contributed by atoms with Crippen LogP contribution in [0.15, 0.2) is 6.07 Å². The largest absolute Gasteiger partial charge is 0.461 e. The van der Waals surface area contributed by atoms with Crippen LogP contribution in [0.25, 0.3) is 0 Å². The topological polar surface area (TPSA) is 70.4 Å². The summed E-state index contributed by atoms with van der Waals surface area (Å²) in [5.74, 6) is -1.54. The van der Waals surface area contributed by atoms with E-state index in [2.05, 4.69) is 9.84 Å². The molecule has 1 heterocycles. The van der Waals surface area contributed by atoms with Crippen LogP contribution in [0.1, 0.15) is 50.3 Å². The number of carbonyl (C=O) groups is 2. The fourth-order valence-corrected chi connectivity index (χ4v) is 1.53. The molecule has 8 heteroatoms. The Labute approximate surface area is 121 Å². The van der Waals surface area contributed by atoms with Crippen molar-refractivity contribution >= 4 is 11.9 Å². The minimum atomic E-state index is -2.87. The van der Waals surface area contributed by atoms with Crippen molar-refractivity contribution in [3.63, 3.8) is 0 Å². The van der Waals surface area contributed by atoms with Crippen molar-refractivity contribution in [2.24, 2.45) is 0 Å². The SMILES string of the molecule is CCOC(=O)c1cc(C(F)F)n(CC(=O)OC(C)(C)C)n1. The first kappa shape index (κ1) is 17.1. The van der Waals surface area contributed by atoms with E-state index in [1.54, 1.807) is 27.7 Å². The molecule has 1 aromatic rings. The first-order valence-corrected chi connectivity index (χ1v) is 6.39. The van der Waals surface area contributed by atoms with Gasteiger partial charge in [-0.1, -0.05) is 0 Å². The van der Waals surface area contributed by atoms with Crippen LogP contribution in [-0.4, -0.2) is 33.9 Å². The van der Waals surface area contributed by atoms with E-state index in [9.17, 15) is 18.4 Å². The Hall–Kier alpha value is -1.99. The Balaban J connectivity index is 2.95. The Morgan fingerprint density at radius 3 is 2.48 bits per heavy atom. The van der Waals surface area contributed by atoms with Crippen molar-refractivity contribution in [3.8, 4) is 0 Å². The summed E-state index contributed by atoms with van der Waals surface area (Å²) in [5.41, 5.74) is -1.54.